The normalized spacial score (nSPS) is 19.8. The number of hydrogen-bond donors (Lipinski definition) is 0. The highest BCUT2D eigenvalue weighted by Crippen LogP contribution is 2.32. The Hall–Kier alpha value is -0.740. The summed E-state index contributed by atoms with van der Waals surface area (Å²) in [6, 6.07) is 0. The van der Waals surface area contributed by atoms with Crippen LogP contribution in [0.4, 0.5) is 13.2 Å². The molecule has 0 amide bonds. The van der Waals surface area contributed by atoms with Crippen molar-refractivity contribution in [2.24, 2.45) is 16.5 Å². The lowest BCUT2D eigenvalue weighted by Crippen LogP contribution is -2.21. The summed E-state index contributed by atoms with van der Waals surface area (Å²) in [7, 11) is 0. The van der Waals surface area contributed by atoms with Crippen molar-refractivity contribution in [1.29, 1.82) is 0 Å². The summed E-state index contributed by atoms with van der Waals surface area (Å²) in [5, 5.41) is 3.35. The lowest BCUT2D eigenvalue weighted by molar-refractivity contribution is -0.325. The number of rotatable bonds is 3. The highest BCUT2D eigenvalue weighted by molar-refractivity contribution is 5.87. The Bertz CT molecular complexity index is 272. The molecule has 5 heteroatoms. The molecule has 0 radical (unpaired) electrons. The molecule has 2 nitrogen and oxygen atoms in total. The quantitative estimate of drug-likeness (QED) is 0.534. The molecule has 1 aliphatic rings. The van der Waals surface area contributed by atoms with Crippen LogP contribution in [-0.2, 0) is 4.84 Å². The molecule has 0 aliphatic heterocycles. The summed E-state index contributed by atoms with van der Waals surface area (Å²) in [5.74, 6) is 0.163. The van der Waals surface area contributed by atoms with Crippen LogP contribution in [0.2, 0.25) is 0 Å². The van der Waals surface area contributed by atoms with Crippen LogP contribution < -0.4 is 0 Å². The van der Waals surface area contributed by atoms with E-state index in [2.05, 4.69) is 9.99 Å². The van der Waals surface area contributed by atoms with Crippen molar-refractivity contribution in [2.45, 2.75) is 59.2 Å². The molecule has 0 unspecified atom stereocenters. The summed E-state index contributed by atoms with van der Waals surface area (Å²) in [4.78, 5) is 3.64. The summed E-state index contributed by atoms with van der Waals surface area (Å²) >= 11 is 0. The molecule has 0 aromatic heterocycles. The molecular weight excluding hydrogens is 231 g/mol. The van der Waals surface area contributed by atoms with Gasteiger partial charge in [0.05, 0.1) is 5.71 Å². The monoisotopic (exact) mass is 251 g/mol. The maximum Gasteiger partial charge on any atom is 0.593 e. The van der Waals surface area contributed by atoms with Crippen LogP contribution in [0.3, 0.4) is 0 Å². The van der Waals surface area contributed by atoms with Crippen molar-refractivity contribution < 1.29 is 18.0 Å². The lowest BCUT2D eigenvalue weighted by Gasteiger charge is -2.22. The van der Waals surface area contributed by atoms with Crippen molar-refractivity contribution >= 4 is 5.71 Å². The van der Waals surface area contributed by atoms with Crippen molar-refractivity contribution in [3.05, 3.63) is 0 Å². The molecule has 0 spiro atoms. The minimum absolute atomic E-state index is 0.0730. The molecule has 0 aromatic carbocycles. The zero-order valence-corrected chi connectivity index (χ0v) is 10.6. The van der Waals surface area contributed by atoms with Gasteiger partial charge in [0.15, 0.2) is 0 Å². The van der Waals surface area contributed by atoms with Crippen molar-refractivity contribution in [2.75, 3.05) is 0 Å². The molecule has 0 heterocycles. The van der Waals surface area contributed by atoms with Crippen LogP contribution in [0.25, 0.3) is 0 Å². The van der Waals surface area contributed by atoms with Gasteiger partial charge in [-0.1, -0.05) is 38.8 Å². The average Bonchev–Trinajstić information content (AvgIpc) is 2.61. The first-order valence-electron chi connectivity index (χ1n) is 5.99. The van der Waals surface area contributed by atoms with Gasteiger partial charge in [-0.05, 0) is 24.7 Å². The van der Waals surface area contributed by atoms with E-state index in [9.17, 15) is 13.2 Å². The molecule has 0 atom stereocenters. The van der Waals surface area contributed by atoms with Crippen molar-refractivity contribution in [1.82, 2.24) is 0 Å². The van der Waals surface area contributed by atoms with Gasteiger partial charge >= 0.3 is 6.36 Å². The third-order valence-corrected chi connectivity index (χ3v) is 2.80. The molecule has 0 N–H and O–H groups in total. The molecule has 1 aliphatic carbocycles. The largest absolute Gasteiger partial charge is 0.593 e. The molecular formula is C12H20F3NO. The van der Waals surface area contributed by atoms with Gasteiger partial charge in [-0.3, -0.25) is 4.84 Å². The van der Waals surface area contributed by atoms with Gasteiger partial charge in [-0.25, -0.2) is 0 Å². The zero-order chi connectivity index (χ0) is 13.1. The topological polar surface area (TPSA) is 21.6 Å². The predicted octanol–water partition coefficient (Wildman–Crippen LogP) is 4.51. The SMILES string of the molecule is CC(C)(C)CC(=NOC(F)(F)F)C1CCCC1. The second kappa shape index (κ2) is 5.27. The Kier molecular flexibility index (Phi) is 4.44. The summed E-state index contributed by atoms with van der Waals surface area (Å²) in [6.07, 6.45) is -0.137. The molecule has 0 saturated heterocycles. The van der Waals surface area contributed by atoms with Crippen LogP contribution in [-0.4, -0.2) is 12.1 Å². The molecule has 1 saturated carbocycles. The van der Waals surface area contributed by atoms with Gasteiger partial charge in [0.25, 0.3) is 0 Å². The summed E-state index contributed by atoms with van der Waals surface area (Å²) < 4.78 is 36.0. The van der Waals surface area contributed by atoms with E-state index in [0.29, 0.717) is 12.1 Å². The lowest BCUT2D eigenvalue weighted by atomic mass is 9.84. The van der Waals surface area contributed by atoms with Gasteiger partial charge in [0.2, 0.25) is 0 Å². The summed E-state index contributed by atoms with van der Waals surface area (Å²) in [6.45, 7) is 5.97. The van der Waals surface area contributed by atoms with Crippen molar-refractivity contribution in [3.8, 4) is 0 Å². The van der Waals surface area contributed by atoms with Gasteiger partial charge in [0, 0.05) is 5.92 Å². The van der Waals surface area contributed by atoms with Crippen LogP contribution in [0.5, 0.6) is 0 Å². The third kappa shape index (κ3) is 5.94. The highest BCUT2D eigenvalue weighted by Gasteiger charge is 2.33. The standard InChI is InChI=1S/C12H20F3NO/c1-11(2,3)8-10(9-6-4-5-7-9)16-17-12(13,14)15/h9H,4-8H2,1-3H3. The van der Waals surface area contributed by atoms with Crippen LogP contribution >= 0.6 is 0 Å². The van der Waals surface area contributed by atoms with Gasteiger partial charge in [-0.15, -0.1) is 13.2 Å². The minimum atomic E-state index is -4.68. The maximum absolute atomic E-state index is 12.0. The van der Waals surface area contributed by atoms with E-state index in [1.807, 2.05) is 20.8 Å². The van der Waals surface area contributed by atoms with Crippen LogP contribution in [0.1, 0.15) is 52.9 Å². The number of alkyl halides is 3. The Labute approximate surface area is 100 Å². The van der Waals surface area contributed by atoms with E-state index < -0.39 is 6.36 Å². The Morgan fingerprint density at radius 3 is 2.12 bits per heavy atom. The fraction of sp³-hybridized carbons (Fsp3) is 0.917. The Balaban J connectivity index is 2.71. The second-order valence-corrected chi connectivity index (χ2v) is 5.84. The first-order valence-corrected chi connectivity index (χ1v) is 5.99. The average molecular weight is 251 g/mol. The molecule has 0 aromatic rings. The Morgan fingerprint density at radius 2 is 1.71 bits per heavy atom. The predicted molar refractivity (Wildman–Crippen MR) is 60.6 cm³/mol. The van der Waals surface area contributed by atoms with E-state index in [1.54, 1.807) is 0 Å². The fourth-order valence-corrected chi connectivity index (χ4v) is 2.16. The molecule has 0 bridgehead atoms. The minimum Gasteiger partial charge on any atom is -0.294 e. The molecule has 1 rings (SSSR count). The van der Waals surface area contributed by atoms with Gasteiger partial charge in [-0.2, -0.15) is 0 Å². The molecule has 1 fully saturated rings. The third-order valence-electron chi connectivity index (χ3n) is 2.80. The fourth-order valence-electron chi connectivity index (χ4n) is 2.16. The van der Waals surface area contributed by atoms with Crippen molar-refractivity contribution in [3.63, 3.8) is 0 Å². The number of hydrogen-bond acceptors (Lipinski definition) is 2. The van der Waals surface area contributed by atoms with Gasteiger partial charge in [0.1, 0.15) is 0 Å². The van der Waals surface area contributed by atoms with E-state index in [0.717, 1.165) is 25.7 Å². The van der Waals surface area contributed by atoms with E-state index in [1.165, 1.54) is 0 Å². The van der Waals surface area contributed by atoms with Crippen LogP contribution in [0, 0.1) is 11.3 Å². The number of oxime groups is 1. The smallest absolute Gasteiger partial charge is 0.294 e. The van der Waals surface area contributed by atoms with Crippen LogP contribution in [0.15, 0.2) is 5.16 Å². The number of nitrogens with zero attached hydrogens (tertiary/aromatic N) is 1. The van der Waals surface area contributed by atoms with E-state index in [-0.39, 0.29) is 11.3 Å². The zero-order valence-electron chi connectivity index (χ0n) is 10.6. The maximum atomic E-state index is 12.0. The molecule has 100 valence electrons. The van der Waals surface area contributed by atoms with Gasteiger partial charge < -0.3 is 0 Å². The highest BCUT2D eigenvalue weighted by atomic mass is 19.4. The van der Waals surface area contributed by atoms with E-state index in [4.69, 9.17) is 0 Å². The second-order valence-electron chi connectivity index (χ2n) is 5.84. The number of halogens is 3. The first-order chi connectivity index (χ1) is 7.67. The van der Waals surface area contributed by atoms with E-state index >= 15 is 0 Å². The first kappa shape index (κ1) is 14.3. The molecule has 17 heavy (non-hydrogen) atoms. The Morgan fingerprint density at radius 1 is 1.18 bits per heavy atom. The summed E-state index contributed by atoms with van der Waals surface area (Å²) in [5.41, 5.74) is 0.489.